The molecule has 32 heavy (non-hydrogen) atoms. The molecule has 4 rings (SSSR count). The van der Waals surface area contributed by atoms with Crippen molar-refractivity contribution in [2.24, 2.45) is 0 Å². The van der Waals surface area contributed by atoms with E-state index in [0.717, 1.165) is 5.56 Å². The Labute approximate surface area is 187 Å². The van der Waals surface area contributed by atoms with Gasteiger partial charge >= 0.3 is 0 Å². The lowest BCUT2D eigenvalue weighted by Crippen LogP contribution is -2.40. The van der Waals surface area contributed by atoms with Crippen molar-refractivity contribution in [3.63, 3.8) is 0 Å². The minimum Gasteiger partial charge on any atom is -0.489 e. The summed E-state index contributed by atoms with van der Waals surface area (Å²) in [6.07, 6.45) is 0. The summed E-state index contributed by atoms with van der Waals surface area (Å²) < 4.78 is 11.2. The zero-order valence-corrected chi connectivity index (χ0v) is 18.0. The van der Waals surface area contributed by atoms with E-state index < -0.39 is 0 Å². The van der Waals surface area contributed by atoms with Gasteiger partial charge in [-0.05, 0) is 48.9 Å². The number of benzene rings is 3. The molecule has 3 aromatic carbocycles. The van der Waals surface area contributed by atoms with Gasteiger partial charge in [-0.25, -0.2) is 0 Å². The van der Waals surface area contributed by atoms with Gasteiger partial charge < -0.3 is 19.7 Å². The number of aryl methyl sites for hydroxylation is 1. The number of carbonyl (C=O) groups excluding carboxylic acids is 2. The summed E-state index contributed by atoms with van der Waals surface area (Å²) >= 11 is 0. The molecule has 0 atom stereocenters. The molecule has 1 aliphatic rings. The summed E-state index contributed by atoms with van der Waals surface area (Å²) in [4.78, 5) is 27.3. The fraction of sp³-hybridized carbons (Fsp3) is 0.231. The van der Waals surface area contributed by atoms with Crippen LogP contribution in [0.5, 0.6) is 5.75 Å². The zero-order valence-electron chi connectivity index (χ0n) is 18.0. The van der Waals surface area contributed by atoms with Gasteiger partial charge in [0.15, 0.2) is 0 Å². The monoisotopic (exact) mass is 430 g/mol. The molecular weight excluding hydrogens is 404 g/mol. The molecule has 0 unspecified atom stereocenters. The van der Waals surface area contributed by atoms with Crippen LogP contribution >= 0.6 is 0 Å². The number of ether oxygens (including phenoxy) is 2. The highest BCUT2D eigenvalue weighted by molar-refractivity contribution is 6.05. The van der Waals surface area contributed by atoms with E-state index in [0.29, 0.717) is 55.5 Å². The van der Waals surface area contributed by atoms with E-state index in [-0.39, 0.29) is 11.8 Å². The Bertz CT molecular complexity index is 1110. The van der Waals surface area contributed by atoms with Crippen LogP contribution < -0.4 is 10.1 Å². The topological polar surface area (TPSA) is 67.9 Å². The summed E-state index contributed by atoms with van der Waals surface area (Å²) in [5, 5.41) is 2.87. The first-order valence-corrected chi connectivity index (χ1v) is 10.7. The fourth-order valence-corrected chi connectivity index (χ4v) is 3.58. The largest absolute Gasteiger partial charge is 0.489 e. The number of rotatable bonds is 6. The quantitative estimate of drug-likeness (QED) is 0.633. The van der Waals surface area contributed by atoms with Crippen molar-refractivity contribution in [2.45, 2.75) is 13.5 Å². The van der Waals surface area contributed by atoms with Gasteiger partial charge in [0, 0.05) is 29.9 Å². The van der Waals surface area contributed by atoms with Crippen LogP contribution in [0.25, 0.3) is 0 Å². The Morgan fingerprint density at radius 2 is 1.69 bits per heavy atom. The first-order chi connectivity index (χ1) is 15.6. The maximum atomic E-state index is 12.8. The fourth-order valence-electron chi connectivity index (χ4n) is 3.58. The maximum Gasteiger partial charge on any atom is 0.255 e. The minimum atomic E-state index is -0.262. The number of nitrogens with zero attached hydrogens (tertiary/aromatic N) is 1. The molecule has 164 valence electrons. The molecule has 0 aliphatic carbocycles. The van der Waals surface area contributed by atoms with E-state index in [1.165, 1.54) is 5.56 Å². The van der Waals surface area contributed by atoms with E-state index in [9.17, 15) is 9.59 Å². The van der Waals surface area contributed by atoms with Gasteiger partial charge in [-0.2, -0.15) is 0 Å². The second kappa shape index (κ2) is 10.1. The van der Waals surface area contributed by atoms with Crippen molar-refractivity contribution in [1.29, 1.82) is 0 Å². The molecule has 1 N–H and O–H groups in total. The van der Waals surface area contributed by atoms with Crippen molar-refractivity contribution < 1.29 is 19.1 Å². The molecule has 1 fully saturated rings. The lowest BCUT2D eigenvalue weighted by atomic mass is 10.1. The number of hydrogen-bond donors (Lipinski definition) is 1. The highest BCUT2D eigenvalue weighted by Crippen LogP contribution is 2.19. The van der Waals surface area contributed by atoms with E-state index in [4.69, 9.17) is 9.47 Å². The molecule has 6 nitrogen and oxygen atoms in total. The van der Waals surface area contributed by atoms with Gasteiger partial charge in [-0.15, -0.1) is 0 Å². The first-order valence-electron chi connectivity index (χ1n) is 10.7. The Hall–Kier alpha value is -3.64. The van der Waals surface area contributed by atoms with Crippen molar-refractivity contribution in [3.8, 4) is 5.75 Å². The molecule has 1 heterocycles. The lowest BCUT2D eigenvalue weighted by Gasteiger charge is -2.27. The lowest BCUT2D eigenvalue weighted by molar-refractivity contribution is 0.0303. The molecule has 1 aliphatic heterocycles. The number of morpholine rings is 1. The molecule has 2 amide bonds. The highest BCUT2D eigenvalue weighted by Gasteiger charge is 2.19. The number of carbonyl (C=O) groups is 2. The number of hydrogen-bond acceptors (Lipinski definition) is 4. The predicted molar refractivity (Wildman–Crippen MR) is 123 cm³/mol. The van der Waals surface area contributed by atoms with Crippen LogP contribution in [0.3, 0.4) is 0 Å². The standard InChI is InChI=1S/C26H26N2O4/c1-19-5-2-6-20(15-19)18-32-24-10-4-7-21(17-24)25(29)27-23-9-3-8-22(16-23)26(30)28-11-13-31-14-12-28/h2-10,15-17H,11-14,18H2,1H3,(H,27,29). The van der Waals surface area contributed by atoms with Crippen LogP contribution in [-0.2, 0) is 11.3 Å². The highest BCUT2D eigenvalue weighted by atomic mass is 16.5. The van der Waals surface area contributed by atoms with Crippen LogP contribution in [0.4, 0.5) is 5.69 Å². The number of nitrogens with one attached hydrogen (secondary N) is 1. The van der Waals surface area contributed by atoms with Gasteiger partial charge in [-0.1, -0.05) is 42.0 Å². The van der Waals surface area contributed by atoms with Crippen molar-refractivity contribution >= 4 is 17.5 Å². The molecule has 0 bridgehead atoms. The predicted octanol–water partition coefficient (Wildman–Crippen LogP) is 4.30. The molecule has 0 saturated carbocycles. The molecule has 0 aromatic heterocycles. The first kappa shape index (κ1) is 21.6. The molecule has 0 spiro atoms. The number of amides is 2. The van der Waals surface area contributed by atoms with E-state index in [2.05, 4.69) is 11.4 Å². The van der Waals surface area contributed by atoms with Crippen LogP contribution in [0, 0.1) is 6.92 Å². The van der Waals surface area contributed by atoms with Crippen LogP contribution in [0.2, 0.25) is 0 Å². The minimum absolute atomic E-state index is 0.0593. The molecule has 3 aromatic rings. The van der Waals surface area contributed by atoms with Crippen molar-refractivity contribution in [1.82, 2.24) is 4.90 Å². The number of anilines is 1. The van der Waals surface area contributed by atoms with Gasteiger partial charge in [0.25, 0.3) is 11.8 Å². The zero-order chi connectivity index (χ0) is 22.3. The molecular formula is C26H26N2O4. The second-order valence-corrected chi connectivity index (χ2v) is 7.75. The Balaban J connectivity index is 1.40. The summed E-state index contributed by atoms with van der Waals surface area (Å²) in [7, 11) is 0. The smallest absolute Gasteiger partial charge is 0.255 e. The van der Waals surface area contributed by atoms with E-state index in [1.54, 1.807) is 47.4 Å². The summed E-state index contributed by atoms with van der Waals surface area (Å²) in [5.74, 6) is 0.299. The summed E-state index contributed by atoms with van der Waals surface area (Å²) in [5.41, 5.74) is 3.84. The third-order valence-corrected chi connectivity index (χ3v) is 5.25. The summed E-state index contributed by atoms with van der Waals surface area (Å²) in [6, 6.07) is 22.2. The van der Waals surface area contributed by atoms with Gasteiger partial charge in [0.1, 0.15) is 12.4 Å². The van der Waals surface area contributed by atoms with Gasteiger partial charge in [0.2, 0.25) is 0 Å². The average Bonchev–Trinajstić information content (AvgIpc) is 2.83. The Morgan fingerprint density at radius 1 is 0.938 bits per heavy atom. The average molecular weight is 431 g/mol. The van der Waals surface area contributed by atoms with Gasteiger partial charge in [0.05, 0.1) is 13.2 Å². The third kappa shape index (κ3) is 5.53. The SMILES string of the molecule is Cc1cccc(COc2cccc(C(=O)Nc3cccc(C(=O)N4CCOCC4)c3)c2)c1. The van der Waals surface area contributed by atoms with Crippen molar-refractivity contribution in [2.75, 3.05) is 31.6 Å². The van der Waals surface area contributed by atoms with Crippen LogP contribution in [0.15, 0.2) is 72.8 Å². The molecule has 6 heteroatoms. The van der Waals surface area contributed by atoms with E-state index in [1.807, 2.05) is 31.2 Å². The van der Waals surface area contributed by atoms with E-state index >= 15 is 0 Å². The molecule has 0 radical (unpaired) electrons. The van der Waals surface area contributed by atoms with Crippen LogP contribution in [-0.4, -0.2) is 43.0 Å². The normalized spacial score (nSPS) is 13.5. The van der Waals surface area contributed by atoms with Crippen LogP contribution in [0.1, 0.15) is 31.8 Å². The Morgan fingerprint density at radius 3 is 2.50 bits per heavy atom. The second-order valence-electron chi connectivity index (χ2n) is 7.75. The van der Waals surface area contributed by atoms with Gasteiger partial charge in [-0.3, -0.25) is 9.59 Å². The third-order valence-electron chi connectivity index (χ3n) is 5.25. The maximum absolute atomic E-state index is 12.8. The molecule has 1 saturated heterocycles. The summed E-state index contributed by atoms with van der Waals surface area (Å²) in [6.45, 7) is 4.71. The van der Waals surface area contributed by atoms with Crippen molar-refractivity contribution in [3.05, 3.63) is 95.1 Å². The Kier molecular flexibility index (Phi) is 6.82.